The number of halogens is 2. The second-order valence-corrected chi connectivity index (χ2v) is 24.7. The van der Waals surface area contributed by atoms with E-state index in [0.717, 1.165) is 98.6 Å². The molecule has 0 N–H and O–H groups in total. The second kappa shape index (κ2) is 27.4. The van der Waals surface area contributed by atoms with Crippen LogP contribution in [0.3, 0.4) is 0 Å². The lowest BCUT2D eigenvalue weighted by Gasteiger charge is -2.32. The normalized spacial score (nSPS) is 12.9. The van der Waals surface area contributed by atoms with Gasteiger partial charge in [0, 0.05) is 79.2 Å². The van der Waals surface area contributed by atoms with Crippen molar-refractivity contribution >= 4 is 44.4 Å². The van der Waals surface area contributed by atoms with E-state index in [-0.39, 0.29) is 18.3 Å². The molecule has 13 aromatic rings. The Morgan fingerprint density at radius 1 is 0.311 bits per heavy atom. The molecule has 8 aromatic carbocycles. The van der Waals surface area contributed by atoms with Crippen molar-refractivity contribution in [2.75, 3.05) is 0 Å². The van der Waals surface area contributed by atoms with Gasteiger partial charge in [0.25, 0.3) is 0 Å². The molecule has 0 unspecified atom stereocenters. The van der Waals surface area contributed by atoms with Gasteiger partial charge < -0.3 is 9.31 Å². The van der Waals surface area contributed by atoms with Crippen molar-refractivity contribution in [2.45, 2.75) is 38.9 Å². The van der Waals surface area contributed by atoms with Crippen molar-refractivity contribution in [3.05, 3.63) is 301 Å². The van der Waals surface area contributed by atoms with Gasteiger partial charge in [0.05, 0.1) is 34.0 Å². The number of rotatable bonds is 11. The summed E-state index contributed by atoms with van der Waals surface area (Å²) in [5, 5.41) is 0. The second-order valence-electron chi connectivity index (χ2n) is 22.8. The predicted molar refractivity (Wildman–Crippen MR) is 373 cm³/mol. The SMILES string of the molecule is Brc1ccc(-c2ccc(-c3cc(-c4ccc(Br)cc4)nc(-c4ccccc4)n3)cc2)cc1.C[n+]1ccc(B2OC(C)(C)C(C)(C)O2)cc1.c1ccc(-c2nc(-c3ccc(-c4ccncc4)cc3)cc(-c3ccc(-c4ccc(-c5ccncc5)cc4)cc3)n2)cc1. The molecule has 14 rings (SSSR count). The van der Waals surface area contributed by atoms with Crippen LogP contribution in [-0.4, -0.2) is 48.2 Å². The number of benzene rings is 8. The number of aromatic nitrogens is 7. The van der Waals surface area contributed by atoms with E-state index in [4.69, 9.17) is 29.2 Å². The number of nitrogens with zero attached hydrogens (tertiary/aromatic N) is 7. The summed E-state index contributed by atoms with van der Waals surface area (Å²) in [7, 11) is 1.74. The van der Waals surface area contributed by atoms with E-state index < -0.39 is 0 Å². The molecule has 12 heteroatoms. The first-order chi connectivity index (χ1) is 43.8. The Hall–Kier alpha value is -9.69. The minimum Gasteiger partial charge on any atom is -0.399 e. The Morgan fingerprint density at radius 3 is 0.867 bits per heavy atom. The van der Waals surface area contributed by atoms with Gasteiger partial charge in [-0.05, 0) is 138 Å². The van der Waals surface area contributed by atoms with Crippen LogP contribution in [0.4, 0.5) is 0 Å². The van der Waals surface area contributed by atoms with Crippen molar-refractivity contribution in [3.63, 3.8) is 0 Å². The molecule has 0 radical (unpaired) electrons. The lowest BCUT2D eigenvalue weighted by atomic mass is 9.80. The molecule has 438 valence electrons. The van der Waals surface area contributed by atoms with Gasteiger partial charge in [-0.3, -0.25) is 9.97 Å². The Labute approximate surface area is 543 Å². The molecular weight excluding hydrogens is 1240 g/mol. The molecule has 0 spiro atoms. The van der Waals surface area contributed by atoms with Crippen LogP contribution in [0.15, 0.2) is 301 Å². The molecule has 1 aliphatic rings. The Kier molecular flexibility index (Phi) is 18.4. The van der Waals surface area contributed by atoms with Crippen LogP contribution >= 0.6 is 31.9 Å². The third-order valence-electron chi connectivity index (χ3n) is 16.2. The zero-order valence-corrected chi connectivity index (χ0v) is 53.7. The third-order valence-corrected chi connectivity index (χ3v) is 17.2. The molecule has 1 fully saturated rings. The van der Waals surface area contributed by atoms with Crippen molar-refractivity contribution < 1.29 is 13.9 Å². The van der Waals surface area contributed by atoms with E-state index in [1.54, 1.807) is 0 Å². The standard InChI is InChI=1S/C38H26N4.C28H18Br2N2.C12H19BNO2/c1-2-4-35(5-3-1)38-41-36(26-37(42-38)34-16-12-30(13-17-34)32-20-24-40-25-21-32)33-14-10-28(11-15-33)27-6-8-29(9-7-27)31-18-22-39-23-19-31;29-24-14-10-20(11-15-24)19-6-8-21(9-7-19)26-18-27(22-12-16-25(30)17-13-22)32-28(31-26)23-4-2-1-3-5-23;1-11(2)12(3,4)16-13(15-11)10-6-8-14(5)9-7-10/h1-26H;1-18H;6-9H,1-5H3/q;;+1. The maximum absolute atomic E-state index is 5.96. The van der Waals surface area contributed by atoms with Gasteiger partial charge in [-0.1, -0.05) is 214 Å². The van der Waals surface area contributed by atoms with Gasteiger partial charge in [-0.25, -0.2) is 24.5 Å². The summed E-state index contributed by atoms with van der Waals surface area (Å²) in [6, 6.07) is 87.4. The average Bonchev–Trinajstić information content (AvgIpc) is 2.26. The lowest BCUT2D eigenvalue weighted by Crippen LogP contribution is -2.41. The van der Waals surface area contributed by atoms with Crippen LogP contribution in [0.1, 0.15) is 27.7 Å². The van der Waals surface area contributed by atoms with Crippen LogP contribution in [0.5, 0.6) is 0 Å². The molecule has 6 heterocycles. The summed E-state index contributed by atoms with van der Waals surface area (Å²) in [6.07, 6.45) is 11.3. The fourth-order valence-corrected chi connectivity index (χ4v) is 10.8. The topological polar surface area (TPSA) is 99.7 Å². The van der Waals surface area contributed by atoms with Gasteiger partial charge in [0.1, 0.15) is 7.05 Å². The molecule has 1 saturated heterocycles. The first-order valence-corrected chi connectivity index (χ1v) is 31.3. The fraction of sp³-hybridized carbons (Fsp3) is 0.0897. The van der Waals surface area contributed by atoms with Crippen molar-refractivity contribution in [1.82, 2.24) is 29.9 Å². The zero-order chi connectivity index (χ0) is 62.0. The van der Waals surface area contributed by atoms with E-state index in [9.17, 15) is 0 Å². The minimum atomic E-state index is -0.268. The van der Waals surface area contributed by atoms with E-state index in [1.807, 2.05) is 158 Å². The van der Waals surface area contributed by atoms with Gasteiger partial charge in [0.2, 0.25) is 0 Å². The van der Waals surface area contributed by atoms with Crippen LogP contribution in [0, 0.1) is 0 Å². The van der Waals surface area contributed by atoms with E-state index in [1.165, 1.54) is 22.3 Å². The van der Waals surface area contributed by atoms with Crippen LogP contribution < -0.4 is 10.0 Å². The highest BCUT2D eigenvalue weighted by Gasteiger charge is 2.51. The third kappa shape index (κ3) is 14.6. The summed E-state index contributed by atoms with van der Waals surface area (Å²) in [5.41, 5.74) is 19.6. The smallest absolute Gasteiger partial charge is 0.399 e. The van der Waals surface area contributed by atoms with Gasteiger partial charge >= 0.3 is 7.12 Å². The number of pyridine rings is 3. The van der Waals surface area contributed by atoms with Crippen LogP contribution in [0.2, 0.25) is 0 Å². The van der Waals surface area contributed by atoms with Crippen molar-refractivity contribution in [1.29, 1.82) is 0 Å². The van der Waals surface area contributed by atoms with E-state index >= 15 is 0 Å². The van der Waals surface area contributed by atoms with E-state index in [2.05, 4.69) is 215 Å². The highest BCUT2D eigenvalue weighted by Crippen LogP contribution is 2.37. The maximum Gasteiger partial charge on any atom is 0.495 e. The monoisotopic (exact) mass is 1300 g/mol. The van der Waals surface area contributed by atoms with Crippen molar-refractivity contribution in [2.24, 2.45) is 7.05 Å². The summed E-state index contributed by atoms with van der Waals surface area (Å²) in [4.78, 5) is 28.0. The molecule has 5 aromatic heterocycles. The van der Waals surface area contributed by atoms with Crippen LogP contribution in [-0.2, 0) is 16.4 Å². The Morgan fingerprint density at radius 2 is 0.567 bits per heavy atom. The first kappa shape index (κ1) is 60.6. The quantitative estimate of drug-likeness (QED) is 0.0933. The summed E-state index contributed by atoms with van der Waals surface area (Å²) < 4.78 is 16.0. The molecule has 0 saturated carbocycles. The minimum absolute atomic E-state index is 0.258. The average molecular weight is 1300 g/mol. The number of hydrogen-bond acceptors (Lipinski definition) is 8. The molecule has 0 bridgehead atoms. The highest BCUT2D eigenvalue weighted by atomic mass is 79.9. The number of aryl methyl sites for hydroxylation is 1. The van der Waals surface area contributed by atoms with Gasteiger partial charge in [-0.15, -0.1) is 0 Å². The maximum atomic E-state index is 5.96. The summed E-state index contributed by atoms with van der Waals surface area (Å²) in [5.74, 6) is 1.43. The summed E-state index contributed by atoms with van der Waals surface area (Å²) in [6.45, 7) is 8.26. The molecular formula is C78H63BBr2N7O2+. The molecule has 0 atom stereocenters. The fourth-order valence-electron chi connectivity index (χ4n) is 10.3. The Bertz CT molecular complexity index is 4480. The summed E-state index contributed by atoms with van der Waals surface area (Å²) >= 11 is 7.01. The van der Waals surface area contributed by atoms with Gasteiger partial charge in [-0.2, -0.15) is 0 Å². The molecule has 1 aliphatic heterocycles. The first-order valence-electron chi connectivity index (χ1n) is 29.7. The largest absolute Gasteiger partial charge is 0.495 e. The van der Waals surface area contributed by atoms with Gasteiger partial charge in [0.15, 0.2) is 24.0 Å². The molecule has 0 aliphatic carbocycles. The highest BCUT2D eigenvalue weighted by molar-refractivity contribution is 9.10. The lowest BCUT2D eigenvalue weighted by molar-refractivity contribution is -0.671. The van der Waals surface area contributed by atoms with E-state index in [0.29, 0.717) is 5.82 Å². The predicted octanol–water partition coefficient (Wildman–Crippen LogP) is 18.7. The molecule has 9 nitrogen and oxygen atoms in total. The number of hydrogen-bond donors (Lipinski definition) is 0. The molecule has 90 heavy (non-hydrogen) atoms. The van der Waals surface area contributed by atoms with Crippen molar-refractivity contribution in [3.8, 4) is 112 Å². The molecule has 0 amide bonds. The Balaban J connectivity index is 0.000000144. The zero-order valence-electron chi connectivity index (χ0n) is 50.5. The van der Waals surface area contributed by atoms with Crippen LogP contribution in [0.25, 0.3) is 112 Å².